The van der Waals surface area contributed by atoms with Crippen LogP contribution in [-0.2, 0) is 0 Å². The SMILES string of the molecule is [CH2]C(O)(I)[Si](C)(C)C. The smallest absolute Gasteiger partial charge is 0.103 e. The van der Waals surface area contributed by atoms with Crippen LogP contribution in [-0.4, -0.2) is 16.4 Å². The first-order valence-electron chi connectivity index (χ1n) is 2.52. The summed E-state index contributed by atoms with van der Waals surface area (Å²) in [6.07, 6.45) is 0. The van der Waals surface area contributed by atoms with Gasteiger partial charge in [0, 0.05) is 0 Å². The summed E-state index contributed by atoms with van der Waals surface area (Å²) in [6.45, 7) is 9.91. The van der Waals surface area contributed by atoms with Gasteiger partial charge in [-0.25, -0.2) is 0 Å². The minimum Gasteiger partial charge on any atom is -0.383 e. The second-order valence-electron chi connectivity index (χ2n) is 3.01. The molecule has 0 aliphatic carbocycles. The first-order chi connectivity index (χ1) is 3.25. The first-order valence-corrected chi connectivity index (χ1v) is 7.09. The molecule has 0 rings (SSSR count). The maximum Gasteiger partial charge on any atom is 0.103 e. The summed E-state index contributed by atoms with van der Waals surface area (Å²) >= 11 is 1.99. The quantitative estimate of drug-likeness (QED) is 0.423. The summed E-state index contributed by atoms with van der Waals surface area (Å²) < 4.78 is -0.704. The number of hydrogen-bond acceptors (Lipinski definition) is 1. The molecule has 1 N–H and O–H groups in total. The molecule has 0 saturated carbocycles. The summed E-state index contributed by atoms with van der Waals surface area (Å²) in [7, 11) is -1.43. The Labute approximate surface area is 65.6 Å². The van der Waals surface area contributed by atoms with E-state index in [0.29, 0.717) is 0 Å². The van der Waals surface area contributed by atoms with Crippen molar-refractivity contribution in [2.24, 2.45) is 0 Å². The average Bonchev–Trinajstić information content (AvgIpc) is 1.25. The third-order valence-electron chi connectivity index (χ3n) is 1.15. The molecule has 0 aromatic heterocycles. The molecule has 0 aromatic carbocycles. The van der Waals surface area contributed by atoms with Crippen LogP contribution in [0.25, 0.3) is 0 Å². The lowest BCUT2D eigenvalue weighted by Crippen LogP contribution is -2.44. The van der Waals surface area contributed by atoms with Crippen LogP contribution >= 0.6 is 22.6 Å². The van der Waals surface area contributed by atoms with Gasteiger partial charge in [0.25, 0.3) is 0 Å². The van der Waals surface area contributed by atoms with Gasteiger partial charge in [-0.05, 0) is 6.92 Å². The van der Waals surface area contributed by atoms with E-state index < -0.39 is 11.3 Å². The Morgan fingerprint density at radius 1 is 1.50 bits per heavy atom. The molecule has 0 fully saturated rings. The van der Waals surface area contributed by atoms with Crippen molar-refractivity contribution in [2.75, 3.05) is 0 Å². The summed E-state index contributed by atoms with van der Waals surface area (Å²) in [5.41, 5.74) is 0. The van der Waals surface area contributed by atoms with E-state index in [0.717, 1.165) is 0 Å². The lowest BCUT2D eigenvalue weighted by molar-refractivity contribution is 0.273. The zero-order valence-corrected chi connectivity index (χ0v) is 8.69. The average molecular weight is 243 g/mol. The van der Waals surface area contributed by atoms with Gasteiger partial charge in [-0.15, -0.1) is 0 Å². The first kappa shape index (κ1) is 8.91. The lowest BCUT2D eigenvalue weighted by atomic mass is 10.9. The molecule has 3 heteroatoms. The lowest BCUT2D eigenvalue weighted by Gasteiger charge is -2.28. The number of aliphatic hydroxyl groups is 1. The fourth-order valence-corrected chi connectivity index (χ4v) is 0. The van der Waals surface area contributed by atoms with Crippen LogP contribution in [0.1, 0.15) is 0 Å². The van der Waals surface area contributed by atoms with Crippen molar-refractivity contribution in [2.45, 2.75) is 22.9 Å². The number of halogens is 1. The minimum absolute atomic E-state index is 0.704. The van der Waals surface area contributed by atoms with Gasteiger partial charge in [-0.3, -0.25) is 0 Å². The van der Waals surface area contributed by atoms with Crippen LogP contribution in [0.4, 0.5) is 0 Å². The maximum atomic E-state index is 9.29. The number of hydrogen-bond donors (Lipinski definition) is 1. The Kier molecular flexibility index (Phi) is 2.52. The molecule has 1 unspecified atom stereocenters. The van der Waals surface area contributed by atoms with Gasteiger partial charge in [0.2, 0.25) is 0 Å². The molecule has 1 radical (unpaired) electrons. The Hall–Kier alpha value is 0.907. The molecule has 49 valence electrons. The van der Waals surface area contributed by atoms with E-state index in [1.54, 1.807) is 0 Å². The predicted octanol–water partition coefficient (Wildman–Crippen LogP) is 1.82. The summed E-state index contributed by atoms with van der Waals surface area (Å²) in [6, 6.07) is 0. The van der Waals surface area contributed by atoms with Crippen molar-refractivity contribution in [3.63, 3.8) is 0 Å². The molecule has 0 amide bonds. The highest BCUT2D eigenvalue weighted by molar-refractivity contribution is 14.1. The van der Waals surface area contributed by atoms with E-state index in [1.807, 2.05) is 22.6 Å². The topological polar surface area (TPSA) is 20.2 Å². The maximum absolute atomic E-state index is 9.29. The largest absolute Gasteiger partial charge is 0.383 e. The van der Waals surface area contributed by atoms with Crippen molar-refractivity contribution in [1.82, 2.24) is 0 Å². The standard InChI is InChI=1S/C5H12IOSi/c1-5(6,7)8(2,3)4/h7H,1H2,2-4H3. The van der Waals surface area contributed by atoms with Crippen molar-refractivity contribution in [1.29, 1.82) is 0 Å². The van der Waals surface area contributed by atoms with Gasteiger partial charge < -0.3 is 5.11 Å². The molecule has 0 heterocycles. The summed E-state index contributed by atoms with van der Waals surface area (Å²) in [5.74, 6) is 0. The fourth-order valence-electron chi connectivity index (χ4n) is 0. The molecule has 0 saturated heterocycles. The molecule has 0 aliphatic rings. The molecule has 0 spiro atoms. The van der Waals surface area contributed by atoms with Gasteiger partial charge in [0.05, 0.1) is 8.07 Å². The highest BCUT2D eigenvalue weighted by Crippen LogP contribution is 2.25. The van der Waals surface area contributed by atoms with Gasteiger partial charge in [0.1, 0.15) is 3.23 Å². The van der Waals surface area contributed by atoms with E-state index in [1.165, 1.54) is 0 Å². The Bertz CT molecular complexity index is 67.4. The van der Waals surface area contributed by atoms with Crippen molar-refractivity contribution < 1.29 is 5.11 Å². The molecule has 0 aromatic rings. The number of rotatable bonds is 1. The van der Waals surface area contributed by atoms with Crippen LogP contribution in [0.5, 0.6) is 0 Å². The van der Waals surface area contributed by atoms with E-state index in [4.69, 9.17) is 0 Å². The Balaban J connectivity index is 4.02. The second kappa shape index (κ2) is 2.26. The highest BCUT2D eigenvalue weighted by Gasteiger charge is 2.33. The monoisotopic (exact) mass is 243 g/mol. The Morgan fingerprint density at radius 2 is 1.62 bits per heavy atom. The molecule has 8 heavy (non-hydrogen) atoms. The van der Waals surface area contributed by atoms with Gasteiger partial charge in [0.15, 0.2) is 0 Å². The van der Waals surface area contributed by atoms with E-state index >= 15 is 0 Å². The van der Waals surface area contributed by atoms with Crippen molar-refractivity contribution in [3.05, 3.63) is 6.92 Å². The normalized spacial score (nSPS) is 20.2. The molecule has 0 bridgehead atoms. The van der Waals surface area contributed by atoms with Crippen molar-refractivity contribution in [3.8, 4) is 0 Å². The van der Waals surface area contributed by atoms with Crippen LogP contribution in [0.2, 0.25) is 19.6 Å². The fraction of sp³-hybridized carbons (Fsp3) is 0.800. The van der Waals surface area contributed by atoms with Crippen molar-refractivity contribution >= 4 is 30.7 Å². The van der Waals surface area contributed by atoms with E-state index in [9.17, 15) is 5.11 Å². The molecule has 1 atom stereocenters. The number of alkyl halides is 1. The van der Waals surface area contributed by atoms with Crippen LogP contribution in [0.15, 0.2) is 0 Å². The zero-order valence-electron chi connectivity index (χ0n) is 5.53. The van der Waals surface area contributed by atoms with E-state index in [-0.39, 0.29) is 0 Å². The third-order valence-corrected chi connectivity index (χ3v) is 8.30. The van der Waals surface area contributed by atoms with Crippen LogP contribution in [0, 0.1) is 6.92 Å². The summed E-state index contributed by atoms with van der Waals surface area (Å²) in [4.78, 5) is 0. The molecular weight excluding hydrogens is 231 g/mol. The van der Waals surface area contributed by atoms with Gasteiger partial charge >= 0.3 is 0 Å². The van der Waals surface area contributed by atoms with Crippen LogP contribution in [0.3, 0.4) is 0 Å². The second-order valence-corrected chi connectivity index (χ2v) is 11.1. The molecule has 1 nitrogen and oxygen atoms in total. The molecule has 0 aliphatic heterocycles. The molecular formula is C5H12IOSi. The minimum atomic E-state index is -1.43. The van der Waals surface area contributed by atoms with Gasteiger partial charge in [-0.1, -0.05) is 42.2 Å². The third kappa shape index (κ3) is 2.46. The summed E-state index contributed by atoms with van der Waals surface area (Å²) in [5, 5.41) is 9.29. The highest BCUT2D eigenvalue weighted by atomic mass is 127. The zero-order chi connectivity index (χ0) is 7.00. The van der Waals surface area contributed by atoms with E-state index in [2.05, 4.69) is 26.6 Å². The Morgan fingerprint density at radius 3 is 1.62 bits per heavy atom. The predicted molar refractivity (Wildman–Crippen MR) is 47.7 cm³/mol. The van der Waals surface area contributed by atoms with Gasteiger partial charge in [-0.2, -0.15) is 0 Å². The van der Waals surface area contributed by atoms with Crippen LogP contribution < -0.4 is 0 Å².